The van der Waals surface area contributed by atoms with Crippen molar-refractivity contribution in [2.24, 2.45) is 11.7 Å². The number of nitrogens with zero attached hydrogens (tertiary/aromatic N) is 2. The molecule has 0 bridgehead atoms. The number of para-hydroxylation sites is 1. The number of pyridine rings is 1. The van der Waals surface area contributed by atoms with Gasteiger partial charge in [-0.3, -0.25) is 9.78 Å². The van der Waals surface area contributed by atoms with E-state index in [4.69, 9.17) is 5.73 Å². The van der Waals surface area contributed by atoms with Crippen LogP contribution in [0.1, 0.15) is 29.4 Å². The minimum absolute atomic E-state index is 0.0682. The molecule has 1 saturated heterocycles. The first-order valence-electron chi connectivity index (χ1n) is 7.46. The van der Waals surface area contributed by atoms with E-state index in [9.17, 15) is 4.79 Å². The number of fused-ring (bicyclic) bond motifs is 1. The molecule has 1 fully saturated rings. The molecule has 3 rings (SSSR count). The first-order valence-corrected chi connectivity index (χ1v) is 7.46. The zero-order valence-electron chi connectivity index (χ0n) is 12.5. The highest BCUT2D eigenvalue weighted by Crippen LogP contribution is 2.23. The Kier molecular flexibility index (Phi) is 3.64. The molecule has 21 heavy (non-hydrogen) atoms. The Hall–Kier alpha value is -1.94. The number of amides is 1. The Labute approximate surface area is 125 Å². The van der Waals surface area contributed by atoms with Crippen molar-refractivity contribution in [3.63, 3.8) is 0 Å². The zero-order chi connectivity index (χ0) is 15.0. The summed E-state index contributed by atoms with van der Waals surface area (Å²) < 4.78 is 0. The van der Waals surface area contributed by atoms with E-state index >= 15 is 0 Å². The fourth-order valence-corrected chi connectivity index (χ4v) is 3.22. The van der Waals surface area contributed by atoms with Gasteiger partial charge in [-0.15, -0.1) is 0 Å². The number of rotatable bonds is 1. The largest absolute Gasteiger partial charge is 0.337 e. The van der Waals surface area contributed by atoms with Crippen LogP contribution in [-0.4, -0.2) is 34.9 Å². The molecular weight excluding hydrogens is 262 g/mol. The van der Waals surface area contributed by atoms with Crippen molar-refractivity contribution >= 4 is 16.8 Å². The molecule has 110 valence electrons. The van der Waals surface area contributed by atoms with Gasteiger partial charge in [0.25, 0.3) is 5.91 Å². The number of aryl methyl sites for hydroxylation is 1. The molecule has 4 heteroatoms. The van der Waals surface area contributed by atoms with Crippen molar-refractivity contribution in [1.82, 2.24) is 9.88 Å². The summed E-state index contributed by atoms with van der Waals surface area (Å²) in [4.78, 5) is 19.3. The SMILES string of the molecule is Cc1cc(C(=O)N2CC(C)CC(N)C2)c2ccccc2n1. The van der Waals surface area contributed by atoms with Crippen LogP contribution in [0.3, 0.4) is 0 Å². The van der Waals surface area contributed by atoms with Crippen LogP contribution in [-0.2, 0) is 0 Å². The fraction of sp³-hybridized carbons (Fsp3) is 0.412. The summed E-state index contributed by atoms with van der Waals surface area (Å²) in [5.74, 6) is 0.519. The second-order valence-corrected chi connectivity index (χ2v) is 6.14. The number of aromatic nitrogens is 1. The molecule has 0 saturated carbocycles. The van der Waals surface area contributed by atoms with Gasteiger partial charge in [-0.2, -0.15) is 0 Å². The molecule has 2 N–H and O–H groups in total. The molecule has 4 nitrogen and oxygen atoms in total. The number of benzene rings is 1. The van der Waals surface area contributed by atoms with Gasteiger partial charge in [0.1, 0.15) is 0 Å². The molecule has 1 aromatic heterocycles. The minimum Gasteiger partial charge on any atom is -0.337 e. The second-order valence-electron chi connectivity index (χ2n) is 6.14. The van der Waals surface area contributed by atoms with Crippen LogP contribution in [0.25, 0.3) is 10.9 Å². The van der Waals surface area contributed by atoms with E-state index in [0.29, 0.717) is 12.5 Å². The summed E-state index contributed by atoms with van der Waals surface area (Å²) in [6, 6.07) is 9.76. The predicted molar refractivity (Wildman–Crippen MR) is 84.1 cm³/mol. The predicted octanol–water partition coefficient (Wildman–Crippen LogP) is 2.35. The number of hydrogen-bond acceptors (Lipinski definition) is 3. The van der Waals surface area contributed by atoms with Gasteiger partial charge in [0, 0.05) is 30.2 Å². The minimum atomic E-state index is 0.0682. The first kappa shape index (κ1) is 14.0. The number of carbonyl (C=O) groups is 1. The summed E-state index contributed by atoms with van der Waals surface area (Å²) in [5, 5.41) is 0.917. The van der Waals surface area contributed by atoms with E-state index in [1.807, 2.05) is 42.2 Å². The highest BCUT2D eigenvalue weighted by molar-refractivity contribution is 6.06. The quantitative estimate of drug-likeness (QED) is 0.874. The monoisotopic (exact) mass is 283 g/mol. The smallest absolute Gasteiger partial charge is 0.254 e. The van der Waals surface area contributed by atoms with Crippen LogP contribution in [0.15, 0.2) is 30.3 Å². The average molecular weight is 283 g/mol. The van der Waals surface area contributed by atoms with E-state index < -0.39 is 0 Å². The molecule has 2 heterocycles. The lowest BCUT2D eigenvalue weighted by Gasteiger charge is -2.35. The molecule has 1 aliphatic rings. The molecule has 0 radical (unpaired) electrons. The van der Waals surface area contributed by atoms with E-state index in [2.05, 4.69) is 11.9 Å². The van der Waals surface area contributed by atoms with Gasteiger partial charge in [0.2, 0.25) is 0 Å². The third-order valence-corrected chi connectivity index (χ3v) is 4.05. The average Bonchev–Trinajstić information content (AvgIpc) is 2.44. The van der Waals surface area contributed by atoms with Gasteiger partial charge in [-0.25, -0.2) is 0 Å². The summed E-state index contributed by atoms with van der Waals surface area (Å²) in [5.41, 5.74) is 8.54. The summed E-state index contributed by atoms with van der Waals surface area (Å²) >= 11 is 0. The van der Waals surface area contributed by atoms with Crippen molar-refractivity contribution in [1.29, 1.82) is 0 Å². The molecule has 2 unspecified atom stereocenters. The summed E-state index contributed by atoms with van der Waals surface area (Å²) in [6.45, 7) is 5.49. The standard InChI is InChI=1S/C17H21N3O/c1-11-7-13(18)10-20(9-11)17(21)15-8-12(2)19-16-6-4-3-5-14(15)16/h3-6,8,11,13H,7,9-10,18H2,1-2H3. The molecule has 1 aliphatic heterocycles. The lowest BCUT2D eigenvalue weighted by molar-refractivity contribution is 0.0663. The van der Waals surface area contributed by atoms with Crippen molar-refractivity contribution in [2.75, 3.05) is 13.1 Å². The van der Waals surface area contributed by atoms with Gasteiger partial charge in [0.15, 0.2) is 0 Å². The van der Waals surface area contributed by atoms with Gasteiger partial charge in [0.05, 0.1) is 11.1 Å². The van der Waals surface area contributed by atoms with Crippen molar-refractivity contribution in [3.8, 4) is 0 Å². The number of piperidine rings is 1. The van der Waals surface area contributed by atoms with E-state index in [1.54, 1.807) is 0 Å². The van der Waals surface area contributed by atoms with Crippen molar-refractivity contribution < 1.29 is 4.79 Å². The topological polar surface area (TPSA) is 59.2 Å². The van der Waals surface area contributed by atoms with Gasteiger partial charge < -0.3 is 10.6 Å². The van der Waals surface area contributed by atoms with Crippen LogP contribution in [0.2, 0.25) is 0 Å². The Morgan fingerprint density at radius 1 is 1.33 bits per heavy atom. The highest BCUT2D eigenvalue weighted by atomic mass is 16.2. The van der Waals surface area contributed by atoms with Crippen LogP contribution >= 0.6 is 0 Å². The lowest BCUT2D eigenvalue weighted by Crippen LogP contribution is -2.48. The van der Waals surface area contributed by atoms with Crippen LogP contribution < -0.4 is 5.73 Å². The van der Waals surface area contributed by atoms with E-state index in [1.165, 1.54) is 0 Å². The normalized spacial score (nSPS) is 22.5. The van der Waals surface area contributed by atoms with Gasteiger partial charge >= 0.3 is 0 Å². The molecule has 0 aliphatic carbocycles. The van der Waals surface area contributed by atoms with Gasteiger partial charge in [-0.05, 0) is 31.4 Å². The molecule has 1 amide bonds. The maximum Gasteiger partial charge on any atom is 0.254 e. The third kappa shape index (κ3) is 2.76. The Morgan fingerprint density at radius 3 is 2.86 bits per heavy atom. The third-order valence-electron chi connectivity index (χ3n) is 4.05. The van der Waals surface area contributed by atoms with E-state index in [0.717, 1.165) is 35.1 Å². The maximum absolute atomic E-state index is 12.9. The van der Waals surface area contributed by atoms with Gasteiger partial charge in [-0.1, -0.05) is 25.1 Å². The molecule has 0 spiro atoms. The first-order chi connectivity index (χ1) is 10.0. The van der Waals surface area contributed by atoms with Crippen LogP contribution in [0, 0.1) is 12.8 Å². The van der Waals surface area contributed by atoms with Crippen molar-refractivity contribution in [2.45, 2.75) is 26.3 Å². The number of nitrogens with two attached hydrogens (primary N) is 1. The highest BCUT2D eigenvalue weighted by Gasteiger charge is 2.27. The van der Waals surface area contributed by atoms with Crippen LogP contribution in [0.4, 0.5) is 0 Å². The fourth-order valence-electron chi connectivity index (χ4n) is 3.22. The second kappa shape index (κ2) is 5.45. The Bertz CT molecular complexity index is 673. The summed E-state index contributed by atoms with van der Waals surface area (Å²) in [6.07, 6.45) is 0.986. The van der Waals surface area contributed by atoms with Crippen LogP contribution in [0.5, 0.6) is 0 Å². The maximum atomic E-state index is 12.9. The lowest BCUT2D eigenvalue weighted by atomic mass is 9.95. The molecule has 2 atom stereocenters. The number of likely N-dealkylation sites (tertiary alicyclic amines) is 1. The van der Waals surface area contributed by atoms with E-state index in [-0.39, 0.29) is 11.9 Å². The molecular formula is C17H21N3O. The Balaban J connectivity index is 2.01. The van der Waals surface area contributed by atoms with Crippen molar-refractivity contribution in [3.05, 3.63) is 41.6 Å². The summed E-state index contributed by atoms with van der Waals surface area (Å²) in [7, 11) is 0. The Morgan fingerprint density at radius 2 is 2.10 bits per heavy atom. The molecule has 1 aromatic carbocycles. The zero-order valence-corrected chi connectivity index (χ0v) is 12.5. The molecule has 2 aromatic rings. The number of hydrogen-bond donors (Lipinski definition) is 1. The number of carbonyl (C=O) groups excluding carboxylic acids is 1.